The maximum atomic E-state index is 11.2. The van der Waals surface area contributed by atoms with Crippen LogP contribution in [0.4, 0.5) is 4.79 Å². The van der Waals surface area contributed by atoms with E-state index in [9.17, 15) is 4.79 Å². The Morgan fingerprint density at radius 2 is 0.829 bits per heavy atom. The van der Waals surface area contributed by atoms with Crippen LogP contribution in [0.25, 0.3) is 0 Å². The number of carbonyl (C=O) groups is 1. The van der Waals surface area contributed by atoms with Gasteiger partial charge < -0.3 is 9.47 Å². The first-order valence-electron chi connectivity index (χ1n) is 15.3. The van der Waals surface area contributed by atoms with Gasteiger partial charge in [0.1, 0.15) is 0 Å². The van der Waals surface area contributed by atoms with Gasteiger partial charge in [0, 0.05) is 0 Å². The zero-order valence-corrected chi connectivity index (χ0v) is 27.0. The Balaban J connectivity index is 0. The number of hydrogen-bond donors (Lipinski definition) is 0. The standard InChI is InChI=1S/C15H30O3.C15H31O.Sn/c1-3-5-7-9-11-13-17-15(16)18-14-12-10-8-6-4-2;1-3-5-7-9-10-12-14-15(16)13-11-8-6-4-2;/h3-14H2,1-2H3;15H,3-14H2,1-2H3;/q;-1;+1. The van der Waals surface area contributed by atoms with Gasteiger partial charge in [0.25, 0.3) is 0 Å². The van der Waals surface area contributed by atoms with E-state index in [1.165, 1.54) is 139 Å². The molecule has 0 aliphatic heterocycles. The Labute approximate surface area is 234 Å². The summed E-state index contributed by atoms with van der Waals surface area (Å²) in [6, 6.07) is 0. The summed E-state index contributed by atoms with van der Waals surface area (Å²) in [5.41, 5.74) is 0. The van der Waals surface area contributed by atoms with Crippen molar-refractivity contribution in [3.8, 4) is 0 Å². The molecule has 5 heteroatoms. The SMILES string of the molecule is CCCCCCCCC(CCCCCC)[O][Sn].CCCCCCCOC(=O)OCCCCCCC. The normalized spacial score (nSPS) is 11.6. The van der Waals surface area contributed by atoms with Crippen molar-refractivity contribution in [3.63, 3.8) is 0 Å². The van der Waals surface area contributed by atoms with Crippen LogP contribution in [0.2, 0.25) is 0 Å². The van der Waals surface area contributed by atoms with Crippen molar-refractivity contribution >= 4 is 29.1 Å². The zero-order valence-electron chi connectivity index (χ0n) is 24.2. The molecule has 0 aliphatic carbocycles. The third-order valence-corrected chi connectivity index (χ3v) is 7.31. The summed E-state index contributed by atoms with van der Waals surface area (Å²) in [6.07, 6.45) is 28.2. The van der Waals surface area contributed by atoms with Gasteiger partial charge in [-0.3, -0.25) is 0 Å². The number of hydrogen-bond acceptors (Lipinski definition) is 4. The molecule has 0 saturated heterocycles. The van der Waals surface area contributed by atoms with Crippen molar-refractivity contribution in [2.75, 3.05) is 13.2 Å². The molecule has 0 spiro atoms. The van der Waals surface area contributed by atoms with Gasteiger partial charge in [-0.05, 0) is 12.8 Å². The first-order chi connectivity index (χ1) is 17.2. The first kappa shape index (κ1) is 37.2. The fourth-order valence-electron chi connectivity index (χ4n) is 3.98. The number of unbranched alkanes of at least 4 members (excludes halogenated alkanes) is 16. The Hall–Kier alpha value is 0.0287. The van der Waals surface area contributed by atoms with E-state index in [-0.39, 0.29) is 0 Å². The molecule has 1 atom stereocenters. The van der Waals surface area contributed by atoms with E-state index < -0.39 is 6.16 Å². The molecule has 35 heavy (non-hydrogen) atoms. The fraction of sp³-hybridized carbons (Fsp3) is 0.967. The molecule has 209 valence electrons. The van der Waals surface area contributed by atoms with E-state index in [0.717, 1.165) is 25.7 Å². The molecule has 0 aliphatic rings. The molecule has 0 aromatic heterocycles. The van der Waals surface area contributed by atoms with Crippen molar-refractivity contribution in [3.05, 3.63) is 0 Å². The Morgan fingerprint density at radius 3 is 1.20 bits per heavy atom. The van der Waals surface area contributed by atoms with Crippen LogP contribution in [0.15, 0.2) is 0 Å². The van der Waals surface area contributed by atoms with Gasteiger partial charge in [-0.2, -0.15) is 0 Å². The molecule has 0 aromatic rings. The molecular formula is C30H61O4Sn. The second kappa shape index (κ2) is 34.0. The van der Waals surface area contributed by atoms with Crippen LogP contribution < -0.4 is 0 Å². The summed E-state index contributed by atoms with van der Waals surface area (Å²) in [4.78, 5) is 11.2. The van der Waals surface area contributed by atoms with E-state index in [1.54, 1.807) is 0 Å². The van der Waals surface area contributed by atoms with E-state index in [1.807, 2.05) is 0 Å². The Kier molecular flexibility index (Phi) is 36.2. The molecule has 0 bridgehead atoms. The largest absolute Gasteiger partial charge is 0.508 e. The molecule has 0 rings (SSSR count). The molecule has 0 aromatic carbocycles. The van der Waals surface area contributed by atoms with Gasteiger partial charge in [-0.15, -0.1) is 0 Å². The monoisotopic (exact) mass is 605 g/mol. The average Bonchev–Trinajstić information content (AvgIpc) is 2.87. The van der Waals surface area contributed by atoms with Crippen molar-refractivity contribution < 1.29 is 17.3 Å². The molecule has 0 saturated carbocycles. The van der Waals surface area contributed by atoms with Gasteiger partial charge in [0.2, 0.25) is 0 Å². The van der Waals surface area contributed by atoms with Gasteiger partial charge in [-0.25, -0.2) is 4.79 Å². The molecule has 3 radical (unpaired) electrons. The predicted octanol–water partition coefficient (Wildman–Crippen LogP) is 10.3. The zero-order chi connectivity index (χ0) is 26.2. The van der Waals surface area contributed by atoms with Crippen LogP contribution >= 0.6 is 0 Å². The summed E-state index contributed by atoms with van der Waals surface area (Å²) in [6.45, 7) is 9.92. The van der Waals surface area contributed by atoms with Crippen LogP contribution in [0.5, 0.6) is 0 Å². The summed E-state index contributed by atoms with van der Waals surface area (Å²) >= 11 is 1.25. The number of ether oxygens (including phenoxy) is 2. The molecule has 0 amide bonds. The third kappa shape index (κ3) is 34.0. The topological polar surface area (TPSA) is 44.8 Å². The van der Waals surface area contributed by atoms with Crippen LogP contribution in [0.1, 0.15) is 169 Å². The van der Waals surface area contributed by atoms with Crippen LogP contribution in [0.3, 0.4) is 0 Å². The molecule has 1 unspecified atom stereocenters. The molecular weight excluding hydrogens is 543 g/mol. The minimum absolute atomic E-state index is 0.498. The van der Waals surface area contributed by atoms with E-state index in [4.69, 9.17) is 12.5 Å². The van der Waals surface area contributed by atoms with E-state index >= 15 is 0 Å². The summed E-state index contributed by atoms with van der Waals surface area (Å²) < 4.78 is 15.6. The van der Waals surface area contributed by atoms with Crippen molar-refractivity contribution in [2.24, 2.45) is 0 Å². The average molecular weight is 605 g/mol. The van der Waals surface area contributed by atoms with Gasteiger partial charge in [-0.1, -0.05) is 65.2 Å². The third-order valence-electron chi connectivity index (χ3n) is 6.36. The van der Waals surface area contributed by atoms with E-state index in [2.05, 4.69) is 27.7 Å². The van der Waals surface area contributed by atoms with E-state index in [0.29, 0.717) is 19.3 Å². The summed E-state index contributed by atoms with van der Waals surface area (Å²) in [5.74, 6) is 0. The number of rotatable bonds is 25. The molecule has 0 N–H and O–H groups in total. The second-order valence-electron chi connectivity index (χ2n) is 9.92. The summed E-state index contributed by atoms with van der Waals surface area (Å²) in [5, 5.41) is 0. The van der Waals surface area contributed by atoms with Crippen LogP contribution in [-0.4, -0.2) is 48.4 Å². The molecule has 4 nitrogen and oxygen atoms in total. The maximum absolute atomic E-state index is 11.2. The Bertz CT molecular complexity index is 375. The van der Waals surface area contributed by atoms with Gasteiger partial charge >= 0.3 is 129 Å². The fourth-order valence-corrected chi connectivity index (χ4v) is 4.65. The van der Waals surface area contributed by atoms with Gasteiger partial charge in [0.15, 0.2) is 0 Å². The summed E-state index contributed by atoms with van der Waals surface area (Å²) in [7, 11) is 0. The first-order valence-corrected chi connectivity index (χ1v) is 16.4. The molecule has 0 heterocycles. The van der Waals surface area contributed by atoms with Crippen LogP contribution in [0, 0.1) is 0 Å². The smallest absolute Gasteiger partial charge is 0.434 e. The number of carbonyl (C=O) groups excluding carboxylic acids is 1. The molecule has 0 fully saturated rings. The maximum Gasteiger partial charge on any atom is 0.508 e. The van der Waals surface area contributed by atoms with Crippen molar-refractivity contribution in [2.45, 2.75) is 175 Å². The van der Waals surface area contributed by atoms with Crippen molar-refractivity contribution in [1.82, 2.24) is 0 Å². The van der Waals surface area contributed by atoms with Crippen molar-refractivity contribution in [1.29, 1.82) is 0 Å². The quantitative estimate of drug-likeness (QED) is 0.0591. The minimum Gasteiger partial charge on any atom is -0.434 e. The second-order valence-corrected chi connectivity index (χ2v) is 10.6. The minimum atomic E-state index is -0.499. The Morgan fingerprint density at radius 1 is 0.514 bits per heavy atom. The van der Waals surface area contributed by atoms with Crippen LogP contribution in [-0.2, 0) is 12.5 Å². The predicted molar refractivity (Wildman–Crippen MR) is 152 cm³/mol. The van der Waals surface area contributed by atoms with Gasteiger partial charge in [0.05, 0.1) is 13.2 Å².